The largest absolute Gasteiger partial charge is 0.357 e. The summed E-state index contributed by atoms with van der Waals surface area (Å²) in [4.78, 5) is 15.6. The van der Waals surface area contributed by atoms with Gasteiger partial charge in [0.05, 0.1) is 6.54 Å². The minimum absolute atomic E-state index is 0.476. The van der Waals surface area contributed by atoms with Crippen LogP contribution in [0.2, 0.25) is 0 Å². The highest BCUT2D eigenvalue weighted by Gasteiger charge is 2.25. The van der Waals surface area contributed by atoms with Crippen molar-refractivity contribution >= 4 is 17.3 Å². The molecule has 6 nitrogen and oxygen atoms in total. The zero-order chi connectivity index (χ0) is 21.2. The van der Waals surface area contributed by atoms with E-state index in [0.29, 0.717) is 12.6 Å². The highest BCUT2D eigenvalue weighted by molar-refractivity contribution is 7.11. The second-order valence-corrected chi connectivity index (χ2v) is 8.97. The maximum absolute atomic E-state index is 4.71. The molecule has 1 atom stereocenters. The number of guanidine groups is 1. The third-order valence-corrected chi connectivity index (χ3v) is 6.59. The van der Waals surface area contributed by atoms with Crippen molar-refractivity contribution in [2.24, 2.45) is 4.99 Å². The summed E-state index contributed by atoms with van der Waals surface area (Å²) in [6, 6.07) is 11.4. The van der Waals surface area contributed by atoms with Crippen LogP contribution in [0, 0.1) is 0 Å². The molecule has 1 aromatic heterocycles. The van der Waals surface area contributed by atoms with Crippen molar-refractivity contribution in [2.45, 2.75) is 39.3 Å². The highest BCUT2D eigenvalue weighted by atomic mass is 32.1. The smallest absolute Gasteiger partial charge is 0.191 e. The zero-order valence-corrected chi connectivity index (χ0v) is 19.4. The summed E-state index contributed by atoms with van der Waals surface area (Å²) in [6.45, 7) is 11.1. The molecule has 1 fully saturated rings. The summed E-state index contributed by atoms with van der Waals surface area (Å²) in [5, 5.41) is 7.92. The number of nitrogens with zero attached hydrogens (tertiary/aromatic N) is 4. The van der Waals surface area contributed by atoms with Crippen molar-refractivity contribution in [3.05, 3.63) is 52.0 Å². The number of hydrogen-bond donors (Lipinski definition) is 2. The summed E-state index contributed by atoms with van der Waals surface area (Å²) in [5.41, 5.74) is 1.42. The Bertz CT molecular complexity index is 775. The molecule has 7 heteroatoms. The summed E-state index contributed by atoms with van der Waals surface area (Å²) in [7, 11) is 2.22. The molecular formula is C23H36N6S. The number of benzene rings is 1. The molecule has 0 bridgehead atoms. The predicted molar refractivity (Wildman–Crippen MR) is 127 cm³/mol. The van der Waals surface area contributed by atoms with E-state index in [0.717, 1.165) is 63.1 Å². The second kappa shape index (κ2) is 12.0. The van der Waals surface area contributed by atoms with Crippen LogP contribution in [0.4, 0.5) is 0 Å². The minimum atomic E-state index is 0.476. The number of hydrogen-bond acceptors (Lipinski definition) is 5. The van der Waals surface area contributed by atoms with Crippen molar-refractivity contribution in [3.63, 3.8) is 0 Å². The number of piperazine rings is 1. The van der Waals surface area contributed by atoms with Gasteiger partial charge < -0.3 is 15.5 Å². The minimum Gasteiger partial charge on any atom is -0.357 e. The van der Waals surface area contributed by atoms with Crippen LogP contribution in [0.5, 0.6) is 0 Å². The standard InChI is InChI=1S/C23H36N6S/c1-4-20-16-26-22(30-20)17-27-23(24-5-2)25-12-9-13-29-15-14-28(3)18-21(29)19-10-7-6-8-11-19/h6-8,10-11,16,21H,4-5,9,12-15,17-18H2,1-3H3,(H2,24,25,27). The normalized spacial score (nSPS) is 18.5. The topological polar surface area (TPSA) is 55.8 Å². The van der Waals surface area contributed by atoms with Gasteiger partial charge in [0.1, 0.15) is 5.01 Å². The molecule has 1 unspecified atom stereocenters. The maximum atomic E-state index is 4.71. The van der Waals surface area contributed by atoms with E-state index in [1.807, 2.05) is 6.20 Å². The molecule has 3 rings (SSSR count). The quantitative estimate of drug-likeness (QED) is 0.365. The monoisotopic (exact) mass is 428 g/mol. The van der Waals surface area contributed by atoms with Crippen molar-refractivity contribution in [1.29, 1.82) is 0 Å². The van der Waals surface area contributed by atoms with Crippen molar-refractivity contribution in [2.75, 3.05) is 46.3 Å². The van der Waals surface area contributed by atoms with Crippen LogP contribution in [-0.4, -0.2) is 67.1 Å². The van der Waals surface area contributed by atoms with Gasteiger partial charge in [-0.05, 0) is 32.4 Å². The van der Waals surface area contributed by atoms with E-state index in [4.69, 9.17) is 4.99 Å². The number of aliphatic imine (C=N–C) groups is 1. The zero-order valence-electron chi connectivity index (χ0n) is 18.6. The first-order valence-corrected chi connectivity index (χ1v) is 11.9. The Kier molecular flexibility index (Phi) is 9.11. The van der Waals surface area contributed by atoms with Gasteiger partial charge in [-0.2, -0.15) is 0 Å². The van der Waals surface area contributed by atoms with Gasteiger partial charge >= 0.3 is 0 Å². The van der Waals surface area contributed by atoms with Crippen LogP contribution in [0.15, 0.2) is 41.5 Å². The van der Waals surface area contributed by atoms with E-state index >= 15 is 0 Å². The number of aryl methyl sites for hydroxylation is 1. The molecule has 2 N–H and O–H groups in total. The number of likely N-dealkylation sites (N-methyl/N-ethyl adjacent to an activating group) is 1. The Labute approximate surface area is 185 Å². The van der Waals surface area contributed by atoms with Gasteiger partial charge in [0, 0.05) is 56.4 Å². The number of nitrogens with one attached hydrogen (secondary N) is 2. The lowest BCUT2D eigenvalue weighted by atomic mass is 10.0. The van der Waals surface area contributed by atoms with Crippen LogP contribution in [0.3, 0.4) is 0 Å². The average molecular weight is 429 g/mol. The lowest BCUT2D eigenvalue weighted by molar-refractivity contribution is 0.0891. The Balaban J connectivity index is 1.49. The first-order valence-electron chi connectivity index (χ1n) is 11.1. The fraction of sp³-hybridized carbons (Fsp3) is 0.565. The highest BCUT2D eigenvalue weighted by Crippen LogP contribution is 2.24. The Morgan fingerprint density at radius 2 is 2.03 bits per heavy atom. The number of thiazole rings is 1. The van der Waals surface area contributed by atoms with Crippen molar-refractivity contribution < 1.29 is 0 Å². The van der Waals surface area contributed by atoms with Crippen molar-refractivity contribution in [3.8, 4) is 0 Å². The van der Waals surface area contributed by atoms with Gasteiger partial charge in [0.2, 0.25) is 0 Å². The van der Waals surface area contributed by atoms with E-state index in [1.54, 1.807) is 11.3 Å². The third-order valence-electron chi connectivity index (χ3n) is 5.46. The molecule has 164 valence electrons. The maximum Gasteiger partial charge on any atom is 0.191 e. The Hall–Kier alpha value is -1.96. The summed E-state index contributed by atoms with van der Waals surface area (Å²) < 4.78 is 0. The molecule has 0 saturated carbocycles. The SMILES string of the molecule is CCNC(=NCc1ncc(CC)s1)NCCCN1CCN(C)CC1c1ccccc1. The predicted octanol–water partition coefficient (Wildman–Crippen LogP) is 3.14. The summed E-state index contributed by atoms with van der Waals surface area (Å²) in [6.07, 6.45) is 4.10. The van der Waals surface area contributed by atoms with Gasteiger partial charge in [0.15, 0.2) is 5.96 Å². The fourth-order valence-electron chi connectivity index (χ4n) is 3.78. The molecule has 0 radical (unpaired) electrons. The summed E-state index contributed by atoms with van der Waals surface area (Å²) in [5.74, 6) is 0.878. The van der Waals surface area contributed by atoms with E-state index < -0.39 is 0 Å². The summed E-state index contributed by atoms with van der Waals surface area (Å²) >= 11 is 1.75. The van der Waals surface area contributed by atoms with E-state index in [1.165, 1.54) is 10.4 Å². The molecule has 1 saturated heterocycles. The molecule has 0 aliphatic carbocycles. The first kappa shape index (κ1) is 22.7. The molecule has 0 amide bonds. The van der Waals surface area contributed by atoms with Gasteiger partial charge in [-0.1, -0.05) is 37.3 Å². The van der Waals surface area contributed by atoms with Gasteiger partial charge in [-0.25, -0.2) is 9.98 Å². The van der Waals surface area contributed by atoms with Crippen LogP contribution in [-0.2, 0) is 13.0 Å². The molecule has 1 aliphatic rings. The van der Waals surface area contributed by atoms with E-state index in [-0.39, 0.29) is 0 Å². The third kappa shape index (κ3) is 6.79. The fourth-order valence-corrected chi connectivity index (χ4v) is 4.56. The number of aromatic nitrogens is 1. The Morgan fingerprint density at radius 3 is 2.77 bits per heavy atom. The van der Waals surface area contributed by atoms with Crippen LogP contribution >= 0.6 is 11.3 Å². The molecule has 30 heavy (non-hydrogen) atoms. The average Bonchev–Trinajstić information content (AvgIpc) is 3.24. The van der Waals surface area contributed by atoms with Crippen LogP contribution in [0.1, 0.15) is 41.8 Å². The molecule has 2 heterocycles. The van der Waals surface area contributed by atoms with Gasteiger partial charge in [-0.15, -0.1) is 11.3 Å². The first-order chi connectivity index (χ1) is 14.7. The Morgan fingerprint density at radius 1 is 1.20 bits per heavy atom. The van der Waals surface area contributed by atoms with Crippen LogP contribution < -0.4 is 10.6 Å². The molecule has 1 aromatic carbocycles. The van der Waals surface area contributed by atoms with Gasteiger partial charge in [0.25, 0.3) is 0 Å². The van der Waals surface area contributed by atoms with Crippen LogP contribution in [0.25, 0.3) is 0 Å². The molecule has 2 aromatic rings. The lowest BCUT2D eigenvalue weighted by Gasteiger charge is -2.40. The second-order valence-electron chi connectivity index (χ2n) is 7.77. The van der Waals surface area contributed by atoms with Crippen molar-refractivity contribution in [1.82, 2.24) is 25.4 Å². The van der Waals surface area contributed by atoms with E-state index in [2.05, 4.69) is 76.6 Å². The lowest BCUT2D eigenvalue weighted by Crippen LogP contribution is -2.47. The molecule has 0 spiro atoms. The number of rotatable bonds is 9. The molecule has 1 aliphatic heterocycles. The van der Waals surface area contributed by atoms with E-state index in [9.17, 15) is 0 Å². The molecular weight excluding hydrogens is 392 g/mol. The van der Waals surface area contributed by atoms with Gasteiger partial charge in [-0.3, -0.25) is 4.90 Å².